The molecule has 1 N–H and O–H groups in total. The van der Waals surface area contributed by atoms with Gasteiger partial charge in [0, 0.05) is 16.1 Å². The van der Waals surface area contributed by atoms with Crippen LogP contribution in [0.5, 0.6) is 11.5 Å². The maximum atomic E-state index is 13.2. The fourth-order valence-electron chi connectivity index (χ4n) is 3.93. The average molecular weight is 450 g/mol. The van der Waals surface area contributed by atoms with Crippen molar-refractivity contribution in [1.29, 1.82) is 0 Å². The summed E-state index contributed by atoms with van der Waals surface area (Å²) in [6.07, 6.45) is 0. The van der Waals surface area contributed by atoms with E-state index in [4.69, 9.17) is 9.47 Å². The number of carbonyl (C=O) groups excluding carboxylic acids is 2. The molecule has 2 heterocycles. The number of amides is 1. The second-order valence-electron chi connectivity index (χ2n) is 7.47. The Morgan fingerprint density at radius 3 is 2.41 bits per heavy atom. The van der Waals surface area contributed by atoms with Crippen molar-refractivity contribution in [2.24, 2.45) is 0 Å². The molecule has 164 valence electrons. The molecule has 0 saturated carbocycles. The number of nitrogens with zero attached hydrogens (tertiary/aromatic N) is 1. The Kier molecular flexibility index (Phi) is 5.76. The molecule has 1 aromatic heterocycles. The van der Waals surface area contributed by atoms with Gasteiger partial charge in [0.2, 0.25) is 0 Å². The van der Waals surface area contributed by atoms with Gasteiger partial charge in [0.1, 0.15) is 11.8 Å². The van der Waals surface area contributed by atoms with Crippen molar-refractivity contribution >= 4 is 34.5 Å². The van der Waals surface area contributed by atoms with Crippen LogP contribution in [0, 0.1) is 13.8 Å². The molecule has 0 radical (unpaired) electrons. The Morgan fingerprint density at radius 2 is 1.75 bits per heavy atom. The molecular weight excluding hydrogens is 426 g/mol. The molecule has 0 spiro atoms. The minimum atomic E-state index is -0.733. The van der Waals surface area contributed by atoms with Crippen molar-refractivity contribution < 1.29 is 24.2 Å². The number of carbonyl (C=O) groups is 2. The zero-order valence-electron chi connectivity index (χ0n) is 18.2. The number of ketones is 1. The van der Waals surface area contributed by atoms with E-state index in [2.05, 4.69) is 0 Å². The molecule has 32 heavy (non-hydrogen) atoms. The zero-order valence-corrected chi connectivity index (χ0v) is 19.0. The van der Waals surface area contributed by atoms with Gasteiger partial charge in [0.15, 0.2) is 11.5 Å². The summed E-state index contributed by atoms with van der Waals surface area (Å²) in [4.78, 5) is 28.7. The molecule has 1 atom stereocenters. The van der Waals surface area contributed by atoms with Crippen LogP contribution in [0.15, 0.2) is 59.5 Å². The maximum Gasteiger partial charge on any atom is 0.300 e. The van der Waals surface area contributed by atoms with Gasteiger partial charge in [-0.1, -0.05) is 18.2 Å². The first-order valence-corrected chi connectivity index (χ1v) is 10.9. The lowest BCUT2D eigenvalue weighted by Gasteiger charge is -2.26. The number of methoxy groups -OCH3 is 2. The van der Waals surface area contributed by atoms with E-state index in [1.165, 1.54) is 30.5 Å². The maximum absolute atomic E-state index is 13.2. The van der Waals surface area contributed by atoms with E-state index in [1.54, 1.807) is 18.2 Å². The Balaban J connectivity index is 1.94. The molecule has 0 aliphatic carbocycles. The lowest BCUT2D eigenvalue weighted by molar-refractivity contribution is -0.132. The van der Waals surface area contributed by atoms with Crippen LogP contribution in [-0.2, 0) is 9.59 Å². The van der Waals surface area contributed by atoms with Gasteiger partial charge in [0.25, 0.3) is 11.7 Å². The standard InChI is InChI=1S/C25H23NO5S/c1-14-7-5-8-17(15(14)2)26-22(20-9-6-12-32-20)21(24(28)25(26)29)23(27)16-10-11-18(30-3)19(13-16)31-4/h5-13,22,27H,1-4H3/b23-21-. The number of hydrogen-bond acceptors (Lipinski definition) is 6. The summed E-state index contributed by atoms with van der Waals surface area (Å²) in [5.74, 6) is -0.742. The SMILES string of the molecule is COc1ccc(/C(O)=C2/C(=O)C(=O)N(c3cccc(C)c3C)C2c2cccs2)cc1OC. The summed E-state index contributed by atoms with van der Waals surface area (Å²) >= 11 is 1.43. The van der Waals surface area contributed by atoms with E-state index in [0.29, 0.717) is 22.7 Å². The number of benzene rings is 2. The number of thiophene rings is 1. The van der Waals surface area contributed by atoms with E-state index < -0.39 is 17.7 Å². The highest BCUT2D eigenvalue weighted by atomic mass is 32.1. The summed E-state index contributed by atoms with van der Waals surface area (Å²) in [6, 6.07) is 13.5. The number of aryl methyl sites for hydroxylation is 1. The van der Waals surface area contributed by atoms with Crippen LogP contribution in [0.2, 0.25) is 0 Å². The lowest BCUT2D eigenvalue weighted by atomic mass is 9.99. The molecule has 1 fully saturated rings. The van der Waals surface area contributed by atoms with Gasteiger partial charge in [-0.15, -0.1) is 11.3 Å². The number of aliphatic hydroxyl groups excluding tert-OH is 1. The first kappa shape index (κ1) is 21.6. The zero-order chi connectivity index (χ0) is 23.0. The summed E-state index contributed by atoms with van der Waals surface area (Å²) in [5.41, 5.74) is 2.97. The van der Waals surface area contributed by atoms with E-state index in [9.17, 15) is 14.7 Å². The number of hydrogen-bond donors (Lipinski definition) is 1. The molecule has 7 heteroatoms. The highest BCUT2D eigenvalue weighted by Crippen LogP contribution is 2.45. The highest BCUT2D eigenvalue weighted by Gasteiger charge is 2.47. The molecule has 1 aliphatic heterocycles. The second-order valence-corrected chi connectivity index (χ2v) is 8.45. The first-order valence-electron chi connectivity index (χ1n) is 10.0. The van der Waals surface area contributed by atoms with Crippen molar-refractivity contribution in [1.82, 2.24) is 0 Å². The molecule has 1 saturated heterocycles. The Labute approximate surface area is 190 Å². The quantitative estimate of drug-likeness (QED) is 0.337. The summed E-state index contributed by atoms with van der Waals surface area (Å²) in [6.45, 7) is 3.88. The molecule has 6 nitrogen and oxygen atoms in total. The van der Waals surface area contributed by atoms with Crippen molar-refractivity contribution in [2.45, 2.75) is 19.9 Å². The minimum Gasteiger partial charge on any atom is -0.507 e. The third-order valence-corrected chi connectivity index (χ3v) is 6.67. The van der Waals surface area contributed by atoms with Crippen LogP contribution >= 0.6 is 11.3 Å². The molecule has 1 unspecified atom stereocenters. The predicted octanol–water partition coefficient (Wildman–Crippen LogP) is 5.01. The fourth-order valence-corrected chi connectivity index (χ4v) is 4.76. The Hall–Kier alpha value is -3.58. The third kappa shape index (κ3) is 3.44. The summed E-state index contributed by atoms with van der Waals surface area (Å²) in [7, 11) is 3.01. The molecule has 2 aromatic carbocycles. The van der Waals surface area contributed by atoms with E-state index in [0.717, 1.165) is 16.0 Å². The smallest absolute Gasteiger partial charge is 0.300 e. The number of ether oxygens (including phenoxy) is 2. The van der Waals surface area contributed by atoms with Gasteiger partial charge < -0.3 is 14.6 Å². The topological polar surface area (TPSA) is 76.1 Å². The van der Waals surface area contributed by atoms with Crippen molar-refractivity contribution in [2.75, 3.05) is 19.1 Å². The van der Waals surface area contributed by atoms with Crippen molar-refractivity contribution in [3.63, 3.8) is 0 Å². The van der Waals surface area contributed by atoms with Gasteiger partial charge in [-0.25, -0.2) is 0 Å². The number of rotatable bonds is 5. The minimum absolute atomic E-state index is 0.0468. The molecule has 0 bridgehead atoms. The normalized spacial score (nSPS) is 17.6. The van der Waals surface area contributed by atoms with Crippen molar-refractivity contribution in [3.05, 3.63) is 81.1 Å². The van der Waals surface area contributed by atoms with E-state index in [-0.39, 0.29) is 11.3 Å². The molecule has 1 amide bonds. The average Bonchev–Trinajstić information content (AvgIpc) is 3.42. The van der Waals surface area contributed by atoms with Crippen LogP contribution in [0.1, 0.15) is 27.6 Å². The van der Waals surface area contributed by atoms with Gasteiger partial charge in [-0.2, -0.15) is 0 Å². The molecule has 3 aromatic rings. The Bertz CT molecular complexity index is 1230. The number of aliphatic hydroxyl groups is 1. The number of Topliss-reactive ketones (excluding diaryl/α,β-unsaturated/α-hetero) is 1. The van der Waals surface area contributed by atoms with Gasteiger partial charge in [-0.3, -0.25) is 14.5 Å². The van der Waals surface area contributed by atoms with Gasteiger partial charge in [0.05, 0.1) is 19.8 Å². The summed E-state index contributed by atoms with van der Waals surface area (Å²) in [5, 5.41) is 13.1. The predicted molar refractivity (Wildman–Crippen MR) is 125 cm³/mol. The first-order chi connectivity index (χ1) is 15.4. The molecular formula is C25H23NO5S. The largest absolute Gasteiger partial charge is 0.507 e. The monoisotopic (exact) mass is 449 g/mol. The lowest BCUT2D eigenvalue weighted by Crippen LogP contribution is -2.29. The van der Waals surface area contributed by atoms with Crippen LogP contribution in [0.3, 0.4) is 0 Å². The molecule has 4 rings (SSSR count). The van der Waals surface area contributed by atoms with Crippen molar-refractivity contribution in [3.8, 4) is 11.5 Å². The van der Waals surface area contributed by atoms with Gasteiger partial charge >= 0.3 is 0 Å². The third-order valence-electron chi connectivity index (χ3n) is 5.75. The second kappa shape index (κ2) is 8.51. The van der Waals surface area contributed by atoms with Gasteiger partial charge in [-0.05, 0) is 60.7 Å². The number of anilines is 1. The van der Waals surface area contributed by atoms with Crippen LogP contribution < -0.4 is 14.4 Å². The van der Waals surface area contributed by atoms with Crippen LogP contribution in [0.25, 0.3) is 5.76 Å². The Morgan fingerprint density at radius 1 is 1.00 bits per heavy atom. The highest BCUT2D eigenvalue weighted by molar-refractivity contribution is 7.10. The van der Waals surface area contributed by atoms with E-state index in [1.807, 2.05) is 49.6 Å². The van der Waals surface area contributed by atoms with E-state index >= 15 is 0 Å². The van der Waals surface area contributed by atoms with Crippen LogP contribution in [-0.4, -0.2) is 31.0 Å². The fraction of sp³-hybridized carbons (Fsp3) is 0.200. The molecule has 1 aliphatic rings. The van der Waals surface area contributed by atoms with Crippen LogP contribution in [0.4, 0.5) is 5.69 Å². The summed E-state index contributed by atoms with van der Waals surface area (Å²) < 4.78 is 10.6.